The van der Waals surface area contributed by atoms with Crippen LogP contribution in [0.1, 0.15) is 29.5 Å². The third-order valence-corrected chi connectivity index (χ3v) is 6.31. The molecule has 1 amide bonds. The Hall–Kier alpha value is -3.48. The number of oxazole rings is 1. The van der Waals surface area contributed by atoms with Crippen molar-refractivity contribution < 1.29 is 19.1 Å². The lowest BCUT2D eigenvalue weighted by molar-refractivity contribution is -0.149. The van der Waals surface area contributed by atoms with Gasteiger partial charge in [0, 0.05) is 12.0 Å². The fourth-order valence-electron chi connectivity index (χ4n) is 4.84. The van der Waals surface area contributed by atoms with Gasteiger partial charge in [-0.25, -0.2) is 4.98 Å². The third-order valence-electron chi connectivity index (χ3n) is 6.31. The van der Waals surface area contributed by atoms with Gasteiger partial charge < -0.3 is 14.3 Å². The molecule has 6 nitrogen and oxygen atoms in total. The molecule has 3 atom stereocenters. The molecule has 6 heteroatoms. The number of nitrogens with zero attached hydrogens (tertiary/aromatic N) is 2. The highest BCUT2D eigenvalue weighted by molar-refractivity contribution is 5.90. The predicted octanol–water partition coefficient (Wildman–Crippen LogP) is 3.87. The number of aliphatic hydroxyl groups is 1. The van der Waals surface area contributed by atoms with E-state index in [4.69, 9.17) is 9.15 Å². The van der Waals surface area contributed by atoms with Crippen molar-refractivity contribution in [3.63, 3.8) is 0 Å². The van der Waals surface area contributed by atoms with Crippen LogP contribution in [0.15, 0.2) is 89.3 Å². The first-order chi connectivity index (χ1) is 15.1. The highest BCUT2D eigenvalue weighted by atomic mass is 16.5. The number of para-hydroxylation sites is 2. The number of rotatable bonds is 3. The Bertz CT molecular complexity index is 1240. The van der Waals surface area contributed by atoms with Crippen molar-refractivity contribution in [2.24, 2.45) is 0 Å². The highest BCUT2D eigenvalue weighted by Gasteiger charge is 2.68. The second kappa shape index (κ2) is 6.51. The Kier molecular flexibility index (Phi) is 3.84. The molecular formula is C25H20N2O4. The number of ether oxygens (including phenoxy) is 1. The van der Waals surface area contributed by atoms with E-state index in [9.17, 15) is 9.90 Å². The molecule has 2 aliphatic rings. The van der Waals surface area contributed by atoms with E-state index in [1.807, 2.05) is 72.8 Å². The van der Waals surface area contributed by atoms with Crippen LogP contribution >= 0.6 is 0 Å². The minimum Gasteiger partial charge on any atom is -0.437 e. The molecule has 2 saturated heterocycles. The molecule has 0 saturated carbocycles. The molecular weight excluding hydrogens is 392 g/mol. The molecule has 3 heterocycles. The van der Waals surface area contributed by atoms with E-state index in [1.54, 1.807) is 17.0 Å². The molecule has 2 aliphatic heterocycles. The van der Waals surface area contributed by atoms with Gasteiger partial charge in [-0.15, -0.1) is 0 Å². The first kappa shape index (κ1) is 18.3. The number of aromatic nitrogens is 1. The molecule has 6 rings (SSSR count). The molecule has 31 heavy (non-hydrogen) atoms. The van der Waals surface area contributed by atoms with Gasteiger partial charge >= 0.3 is 0 Å². The largest absolute Gasteiger partial charge is 0.437 e. The molecule has 1 unspecified atom stereocenters. The number of carbonyl (C=O) groups excluding carboxylic acids is 1. The van der Waals surface area contributed by atoms with Crippen molar-refractivity contribution in [2.75, 3.05) is 6.61 Å². The van der Waals surface area contributed by atoms with E-state index in [0.29, 0.717) is 17.7 Å². The lowest BCUT2D eigenvalue weighted by Crippen LogP contribution is -2.42. The van der Waals surface area contributed by atoms with Crippen LogP contribution < -0.4 is 0 Å². The molecule has 0 radical (unpaired) electrons. The Morgan fingerprint density at radius 1 is 0.935 bits per heavy atom. The molecule has 3 aromatic carbocycles. The van der Waals surface area contributed by atoms with Crippen LogP contribution in [0.5, 0.6) is 0 Å². The summed E-state index contributed by atoms with van der Waals surface area (Å²) in [6.07, 6.45) is -0.000990. The topological polar surface area (TPSA) is 75.8 Å². The van der Waals surface area contributed by atoms with Crippen LogP contribution in [-0.2, 0) is 20.9 Å². The quantitative estimate of drug-likeness (QED) is 0.553. The molecule has 4 aromatic rings. The summed E-state index contributed by atoms with van der Waals surface area (Å²) in [5.41, 5.74) is -0.138. The van der Waals surface area contributed by atoms with Crippen LogP contribution in [0.3, 0.4) is 0 Å². The fourth-order valence-corrected chi connectivity index (χ4v) is 4.84. The Balaban J connectivity index is 1.52. The summed E-state index contributed by atoms with van der Waals surface area (Å²) >= 11 is 0. The van der Waals surface area contributed by atoms with Gasteiger partial charge in [0.2, 0.25) is 11.5 Å². The maximum absolute atomic E-state index is 13.8. The van der Waals surface area contributed by atoms with Gasteiger partial charge in [-0.05, 0) is 17.7 Å². The number of fused-ring (bicyclic) bond motifs is 2. The minimum atomic E-state index is -1.93. The summed E-state index contributed by atoms with van der Waals surface area (Å²) in [7, 11) is 0. The van der Waals surface area contributed by atoms with Crippen molar-refractivity contribution in [1.82, 2.24) is 9.88 Å². The van der Waals surface area contributed by atoms with Gasteiger partial charge in [0.15, 0.2) is 11.3 Å². The molecule has 0 aliphatic carbocycles. The van der Waals surface area contributed by atoms with Crippen LogP contribution in [0.4, 0.5) is 0 Å². The van der Waals surface area contributed by atoms with E-state index in [2.05, 4.69) is 4.98 Å². The molecule has 0 bridgehead atoms. The average molecular weight is 412 g/mol. The van der Waals surface area contributed by atoms with Crippen LogP contribution in [-0.4, -0.2) is 27.5 Å². The normalized spacial score (nSPS) is 27.7. The summed E-state index contributed by atoms with van der Waals surface area (Å²) in [5.74, 6) is -0.465. The van der Waals surface area contributed by atoms with E-state index >= 15 is 0 Å². The Morgan fingerprint density at radius 3 is 2.35 bits per heavy atom. The fraction of sp³-hybridized carbons (Fsp3) is 0.200. The predicted molar refractivity (Wildman–Crippen MR) is 113 cm³/mol. The zero-order valence-corrected chi connectivity index (χ0v) is 16.6. The van der Waals surface area contributed by atoms with Crippen molar-refractivity contribution >= 4 is 17.0 Å². The highest BCUT2D eigenvalue weighted by Crippen LogP contribution is 2.56. The maximum Gasteiger partial charge on any atom is 0.267 e. The zero-order valence-electron chi connectivity index (χ0n) is 16.6. The summed E-state index contributed by atoms with van der Waals surface area (Å²) in [4.78, 5) is 20.0. The number of amides is 1. The molecule has 0 spiro atoms. The standard InChI is InChI=1S/C25H20N2O4/c28-23-24(29,22-26-19-13-7-8-14-21(19)31-22)16-25(18-11-5-2-6-12-18)27(23)20(15-30-25)17-9-3-1-4-10-17/h1-14,20,29H,15-16H2/t20-,24?,25+/m1/s1. The van der Waals surface area contributed by atoms with Crippen molar-refractivity contribution in [2.45, 2.75) is 23.8 Å². The first-order valence-electron chi connectivity index (χ1n) is 10.3. The summed E-state index contributed by atoms with van der Waals surface area (Å²) in [6, 6.07) is 26.2. The van der Waals surface area contributed by atoms with Gasteiger partial charge in [-0.1, -0.05) is 72.8 Å². The molecule has 154 valence electrons. The van der Waals surface area contributed by atoms with E-state index in [1.165, 1.54) is 0 Å². The second-order valence-electron chi connectivity index (χ2n) is 8.09. The molecule has 1 aromatic heterocycles. The minimum absolute atomic E-state index is 0.000990. The monoisotopic (exact) mass is 412 g/mol. The number of benzene rings is 3. The second-order valence-corrected chi connectivity index (χ2v) is 8.09. The van der Waals surface area contributed by atoms with Crippen molar-refractivity contribution in [3.8, 4) is 0 Å². The van der Waals surface area contributed by atoms with Gasteiger partial charge in [0.05, 0.1) is 12.6 Å². The van der Waals surface area contributed by atoms with Gasteiger partial charge in [-0.3, -0.25) is 9.69 Å². The van der Waals surface area contributed by atoms with Crippen LogP contribution in [0.2, 0.25) is 0 Å². The van der Waals surface area contributed by atoms with Gasteiger partial charge in [0.1, 0.15) is 5.52 Å². The average Bonchev–Trinajstić information content (AvgIpc) is 3.48. The Labute approximate surface area is 178 Å². The van der Waals surface area contributed by atoms with Gasteiger partial charge in [0.25, 0.3) is 5.91 Å². The Morgan fingerprint density at radius 2 is 1.61 bits per heavy atom. The van der Waals surface area contributed by atoms with Crippen LogP contribution in [0, 0.1) is 0 Å². The maximum atomic E-state index is 13.8. The lowest BCUT2D eigenvalue weighted by Gasteiger charge is -2.33. The summed E-state index contributed by atoms with van der Waals surface area (Å²) < 4.78 is 12.2. The van der Waals surface area contributed by atoms with Crippen molar-refractivity contribution in [1.29, 1.82) is 0 Å². The van der Waals surface area contributed by atoms with E-state index in [-0.39, 0.29) is 18.4 Å². The lowest BCUT2D eigenvalue weighted by atomic mass is 9.92. The molecule has 2 fully saturated rings. The first-order valence-corrected chi connectivity index (χ1v) is 10.3. The smallest absolute Gasteiger partial charge is 0.267 e. The zero-order chi connectivity index (χ0) is 21.1. The summed E-state index contributed by atoms with van der Waals surface area (Å²) in [6.45, 7) is 0.342. The van der Waals surface area contributed by atoms with Crippen LogP contribution in [0.25, 0.3) is 11.1 Å². The van der Waals surface area contributed by atoms with Gasteiger partial charge in [-0.2, -0.15) is 0 Å². The van der Waals surface area contributed by atoms with E-state index in [0.717, 1.165) is 11.1 Å². The number of hydrogen-bond donors (Lipinski definition) is 1. The summed E-state index contributed by atoms with van der Waals surface area (Å²) in [5, 5.41) is 11.7. The van der Waals surface area contributed by atoms with Crippen molar-refractivity contribution in [3.05, 3.63) is 102 Å². The van der Waals surface area contributed by atoms with E-state index < -0.39 is 17.2 Å². The number of hydrogen-bond acceptors (Lipinski definition) is 5. The third kappa shape index (κ3) is 2.52. The SMILES string of the molecule is O=C1N2[C@@H](c3ccccc3)CO[C@]2(c2ccccc2)CC1(O)c1nc2ccccc2o1. The molecule has 1 N–H and O–H groups in total. The number of carbonyl (C=O) groups is 1.